The first-order valence-corrected chi connectivity index (χ1v) is 10.7. The van der Waals surface area contributed by atoms with Crippen molar-refractivity contribution in [3.63, 3.8) is 0 Å². The molecule has 31 heavy (non-hydrogen) atoms. The molecular weight excluding hydrogens is 384 g/mol. The highest BCUT2D eigenvalue weighted by Crippen LogP contribution is 2.44. The summed E-state index contributed by atoms with van der Waals surface area (Å²) in [5.74, 6) is 0.0863. The van der Waals surface area contributed by atoms with Crippen LogP contribution < -0.4 is 10.2 Å². The molecule has 1 amide bonds. The smallest absolute Gasteiger partial charge is 0.407 e. The number of ether oxygens (including phenoxy) is 1. The minimum absolute atomic E-state index is 0.0863. The lowest BCUT2D eigenvalue weighted by Crippen LogP contribution is -2.26. The average molecular weight is 413 g/mol. The third-order valence-electron chi connectivity index (χ3n) is 5.64. The quantitative estimate of drug-likeness (QED) is 0.507. The predicted octanol–water partition coefficient (Wildman–Crippen LogP) is 5.69. The van der Waals surface area contributed by atoms with Crippen molar-refractivity contribution < 1.29 is 9.53 Å². The van der Waals surface area contributed by atoms with E-state index in [2.05, 4.69) is 83.0 Å². The molecule has 0 aromatic heterocycles. The molecule has 3 aromatic rings. The fourth-order valence-electron chi connectivity index (χ4n) is 4.01. The van der Waals surface area contributed by atoms with E-state index >= 15 is 0 Å². The van der Waals surface area contributed by atoms with Crippen LogP contribution in [0.1, 0.15) is 29.0 Å². The molecule has 0 saturated carbocycles. The van der Waals surface area contributed by atoms with Crippen molar-refractivity contribution in [1.82, 2.24) is 5.32 Å². The molecule has 3 aromatic carbocycles. The van der Waals surface area contributed by atoms with Crippen molar-refractivity contribution in [1.29, 1.82) is 0 Å². The monoisotopic (exact) mass is 412 g/mol. The molecule has 0 radical (unpaired) electrons. The molecule has 0 fully saturated rings. The Morgan fingerprint density at radius 1 is 0.935 bits per heavy atom. The molecule has 4 rings (SSSR count). The molecule has 0 spiro atoms. The van der Waals surface area contributed by atoms with E-state index in [0.29, 0.717) is 13.2 Å². The third kappa shape index (κ3) is 4.80. The van der Waals surface area contributed by atoms with Crippen molar-refractivity contribution in [2.45, 2.75) is 12.3 Å². The number of carbonyl (C=O) groups is 1. The first-order valence-electron chi connectivity index (χ1n) is 10.7. The van der Waals surface area contributed by atoms with E-state index in [1.165, 1.54) is 27.9 Å². The van der Waals surface area contributed by atoms with Gasteiger partial charge in [0.2, 0.25) is 0 Å². The maximum absolute atomic E-state index is 12.2. The molecule has 0 bridgehead atoms. The number of carbonyl (C=O) groups excluding carboxylic acids is 1. The number of nitrogens with zero attached hydrogens (tertiary/aromatic N) is 1. The van der Waals surface area contributed by atoms with Crippen molar-refractivity contribution >= 4 is 17.9 Å². The second-order valence-electron chi connectivity index (χ2n) is 7.93. The fourth-order valence-corrected chi connectivity index (χ4v) is 4.01. The lowest BCUT2D eigenvalue weighted by Gasteiger charge is -2.14. The molecule has 0 aliphatic heterocycles. The van der Waals surface area contributed by atoms with E-state index in [1.54, 1.807) is 0 Å². The molecule has 158 valence electrons. The molecule has 1 aliphatic rings. The number of benzene rings is 3. The molecular formula is C27H28N2O2. The number of fused-ring (bicyclic) bond motifs is 3. The molecule has 0 saturated heterocycles. The summed E-state index contributed by atoms with van der Waals surface area (Å²) in [6.07, 6.45) is 4.51. The second kappa shape index (κ2) is 9.52. The Labute approximate surface area is 184 Å². The zero-order valence-electron chi connectivity index (χ0n) is 18.0. The van der Waals surface area contributed by atoms with Gasteiger partial charge in [0, 0.05) is 32.2 Å². The van der Waals surface area contributed by atoms with Gasteiger partial charge in [-0.05, 0) is 46.4 Å². The lowest BCUT2D eigenvalue weighted by atomic mass is 9.98. The van der Waals surface area contributed by atoms with Gasteiger partial charge in [-0.1, -0.05) is 72.8 Å². The van der Waals surface area contributed by atoms with E-state index in [1.807, 2.05) is 26.2 Å². The summed E-state index contributed by atoms with van der Waals surface area (Å²) in [6.45, 7) is 0.886. The Bertz CT molecular complexity index is 1030. The minimum atomic E-state index is -0.370. The molecule has 0 atom stereocenters. The predicted molar refractivity (Wildman–Crippen MR) is 127 cm³/mol. The highest BCUT2D eigenvalue weighted by Gasteiger charge is 2.28. The number of alkyl carbamates (subject to hydrolysis) is 1. The molecule has 0 heterocycles. The van der Waals surface area contributed by atoms with Crippen LogP contribution in [0.25, 0.3) is 17.2 Å². The lowest BCUT2D eigenvalue weighted by molar-refractivity contribution is 0.143. The summed E-state index contributed by atoms with van der Waals surface area (Å²) in [4.78, 5) is 14.3. The van der Waals surface area contributed by atoms with Crippen LogP contribution in [0.4, 0.5) is 10.5 Å². The van der Waals surface area contributed by atoms with E-state index in [0.717, 1.165) is 12.0 Å². The number of nitrogens with one attached hydrogen (secondary N) is 1. The van der Waals surface area contributed by atoms with Gasteiger partial charge >= 0.3 is 6.09 Å². The Hall–Kier alpha value is -3.53. The highest BCUT2D eigenvalue weighted by atomic mass is 16.5. The summed E-state index contributed by atoms with van der Waals surface area (Å²) >= 11 is 0. The number of hydrogen-bond donors (Lipinski definition) is 1. The summed E-state index contributed by atoms with van der Waals surface area (Å²) in [6, 6.07) is 25.1. The van der Waals surface area contributed by atoms with Crippen molar-refractivity contribution in [2.75, 3.05) is 32.1 Å². The largest absolute Gasteiger partial charge is 0.449 e. The topological polar surface area (TPSA) is 41.6 Å². The number of amides is 1. The Morgan fingerprint density at radius 3 is 2.16 bits per heavy atom. The minimum Gasteiger partial charge on any atom is -0.449 e. The number of hydrogen-bond acceptors (Lipinski definition) is 3. The van der Waals surface area contributed by atoms with Gasteiger partial charge in [0.05, 0.1) is 0 Å². The molecule has 1 N–H and O–H groups in total. The SMILES string of the molecule is CN(C)c1ccc(C=CCCNC(=O)OCC2c3ccccc3-c3ccccc32)cc1. The van der Waals surface area contributed by atoms with Gasteiger partial charge in [-0.15, -0.1) is 0 Å². The van der Waals surface area contributed by atoms with Crippen LogP contribution in [0.3, 0.4) is 0 Å². The third-order valence-corrected chi connectivity index (χ3v) is 5.64. The van der Waals surface area contributed by atoms with Crippen LogP contribution in [0.2, 0.25) is 0 Å². The average Bonchev–Trinajstić information content (AvgIpc) is 3.11. The Kier molecular flexibility index (Phi) is 6.37. The summed E-state index contributed by atoms with van der Waals surface area (Å²) < 4.78 is 5.56. The second-order valence-corrected chi connectivity index (χ2v) is 7.93. The van der Waals surface area contributed by atoms with Gasteiger partial charge in [0.25, 0.3) is 0 Å². The molecule has 0 unspecified atom stereocenters. The first-order chi connectivity index (χ1) is 15.1. The van der Waals surface area contributed by atoms with Crippen LogP contribution in [0.5, 0.6) is 0 Å². The van der Waals surface area contributed by atoms with E-state index in [9.17, 15) is 4.79 Å². The summed E-state index contributed by atoms with van der Waals surface area (Å²) in [5.41, 5.74) is 7.23. The van der Waals surface area contributed by atoms with Crippen LogP contribution in [-0.2, 0) is 4.74 Å². The van der Waals surface area contributed by atoms with Crippen molar-refractivity contribution in [3.8, 4) is 11.1 Å². The Morgan fingerprint density at radius 2 is 1.55 bits per heavy atom. The van der Waals surface area contributed by atoms with Gasteiger partial charge in [-0.2, -0.15) is 0 Å². The van der Waals surface area contributed by atoms with E-state index < -0.39 is 0 Å². The fraction of sp³-hybridized carbons (Fsp3) is 0.222. The van der Waals surface area contributed by atoms with Gasteiger partial charge < -0.3 is 15.0 Å². The summed E-state index contributed by atoms with van der Waals surface area (Å²) in [7, 11) is 4.06. The zero-order chi connectivity index (χ0) is 21.6. The number of rotatable bonds is 7. The molecule has 4 heteroatoms. The van der Waals surface area contributed by atoms with Crippen molar-refractivity contribution in [2.24, 2.45) is 0 Å². The van der Waals surface area contributed by atoms with Gasteiger partial charge in [0.15, 0.2) is 0 Å². The zero-order valence-corrected chi connectivity index (χ0v) is 18.0. The first kappa shape index (κ1) is 20.7. The van der Waals surface area contributed by atoms with Crippen LogP contribution in [0.15, 0.2) is 78.9 Å². The Balaban J connectivity index is 1.25. The van der Waals surface area contributed by atoms with E-state index in [4.69, 9.17) is 4.74 Å². The standard InChI is InChI=1S/C27H28N2O2/c1-29(2)21-16-14-20(15-17-21)9-7-8-18-28-27(30)31-19-26-24-12-5-3-10-22(24)23-11-4-6-13-25(23)26/h3-7,9-17,26H,8,18-19H2,1-2H3,(H,28,30). The van der Waals surface area contributed by atoms with Gasteiger partial charge in [0.1, 0.15) is 6.61 Å². The van der Waals surface area contributed by atoms with Gasteiger partial charge in [-0.25, -0.2) is 4.79 Å². The maximum Gasteiger partial charge on any atom is 0.407 e. The van der Waals surface area contributed by atoms with Crippen LogP contribution in [-0.4, -0.2) is 33.3 Å². The normalized spacial score (nSPS) is 12.5. The molecule has 1 aliphatic carbocycles. The number of anilines is 1. The van der Waals surface area contributed by atoms with Crippen LogP contribution >= 0.6 is 0 Å². The maximum atomic E-state index is 12.2. The molecule has 4 nitrogen and oxygen atoms in total. The van der Waals surface area contributed by atoms with E-state index in [-0.39, 0.29) is 12.0 Å². The van der Waals surface area contributed by atoms with Crippen molar-refractivity contribution in [3.05, 3.63) is 95.6 Å². The van der Waals surface area contributed by atoms with Crippen LogP contribution in [0, 0.1) is 0 Å². The highest BCUT2D eigenvalue weighted by molar-refractivity contribution is 5.79. The summed E-state index contributed by atoms with van der Waals surface area (Å²) in [5, 5.41) is 2.85. The van der Waals surface area contributed by atoms with Gasteiger partial charge in [-0.3, -0.25) is 0 Å².